The van der Waals surface area contributed by atoms with Crippen LogP contribution >= 0.6 is 0 Å². The van der Waals surface area contributed by atoms with Crippen LogP contribution in [0.3, 0.4) is 0 Å². The molecule has 0 unspecified atom stereocenters. The Morgan fingerprint density at radius 3 is 2.76 bits per heavy atom. The van der Waals surface area contributed by atoms with Gasteiger partial charge in [0.25, 0.3) is 0 Å². The Balaban J connectivity index is 2.41. The van der Waals surface area contributed by atoms with Gasteiger partial charge in [0.05, 0.1) is 7.11 Å². The molecule has 2 aromatic rings. The first kappa shape index (κ1) is 12.0. The van der Waals surface area contributed by atoms with Gasteiger partial charge >= 0.3 is 0 Å². The minimum atomic E-state index is 0.491. The summed E-state index contributed by atoms with van der Waals surface area (Å²) in [6.45, 7) is 7.32. The molecule has 0 spiro atoms. The average molecular weight is 232 g/mol. The fourth-order valence-electron chi connectivity index (χ4n) is 2.02. The molecule has 0 radical (unpaired) electrons. The summed E-state index contributed by atoms with van der Waals surface area (Å²) >= 11 is 0. The lowest BCUT2D eigenvalue weighted by Crippen LogP contribution is -2.22. The number of benzene rings is 1. The minimum absolute atomic E-state index is 0.491. The van der Waals surface area contributed by atoms with Crippen molar-refractivity contribution in [3.05, 3.63) is 29.5 Å². The molecule has 0 atom stereocenters. The third-order valence-corrected chi connectivity index (χ3v) is 3.01. The van der Waals surface area contributed by atoms with Gasteiger partial charge in [-0.15, -0.1) is 0 Å². The molecule has 3 heteroatoms. The molecule has 1 aromatic heterocycles. The van der Waals surface area contributed by atoms with Crippen LogP contribution < -0.4 is 10.1 Å². The van der Waals surface area contributed by atoms with Gasteiger partial charge in [-0.1, -0.05) is 13.8 Å². The van der Waals surface area contributed by atoms with Crippen molar-refractivity contribution >= 4 is 10.9 Å². The van der Waals surface area contributed by atoms with Crippen LogP contribution in [0.1, 0.15) is 25.1 Å². The molecular formula is C14H20N2O. The monoisotopic (exact) mass is 232 g/mol. The van der Waals surface area contributed by atoms with Gasteiger partial charge in [0.2, 0.25) is 0 Å². The van der Waals surface area contributed by atoms with Crippen LogP contribution in [-0.4, -0.2) is 18.1 Å². The SMILES string of the molecule is COc1ccc2[nH]c(C)c(CNC(C)C)c2c1. The Hall–Kier alpha value is -1.48. The van der Waals surface area contributed by atoms with E-state index in [0.29, 0.717) is 6.04 Å². The maximum absolute atomic E-state index is 5.28. The minimum Gasteiger partial charge on any atom is -0.497 e. The first-order valence-electron chi connectivity index (χ1n) is 6.00. The molecule has 0 aliphatic heterocycles. The van der Waals surface area contributed by atoms with E-state index in [1.54, 1.807) is 7.11 Å². The highest BCUT2D eigenvalue weighted by Gasteiger charge is 2.09. The van der Waals surface area contributed by atoms with Gasteiger partial charge in [-0.2, -0.15) is 0 Å². The number of methoxy groups -OCH3 is 1. The van der Waals surface area contributed by atoms with E-state index in [9.17, 15) is 0 Å². The highest BCUT2D eigenvalue weighted by atomic mass is 16.5. The van der Waals surface area contributed by atoms with Crippen LogP contribution in [0, 0.1) is 6.92 Å². The van der Waals surface area contributed by atoms with E-state index < -0.39 is 0 Å². The van der Waals surface area contributed by atoms with Gasteiger partial charge in [0, 0.05) is 29.2 Å². The molecule has 0 saturated heterocycles. The van der Waals surface area contributed by atoms with Crippen molar-refractivity contribution in [1.29, 1.82) is 0 Å². The molecule has 3 nitrogen and oxygen atoms in total. The quantitative estimate of drug-likeness (QED) is 0.850. The van der Waals surface area contributed by atoms with Gasteiger partial charge in [-0.25, -0.2) is 0 Å². The lowest BCUT2D eigenvalue weighted by molar-refractivity contribution is 0.415. The smallest absolute Gasteiger partial charge is 0.119 e. The number of nitrogens with one attached hydrogen (secondary N) is 2. The standard InChI is InChI=1S/C14H20N2O/c1-9(2)15-8-13-10(3)16-14-6-5-11(17-4)7-12(13)14/h5-7,9,15-16H,8H2,1-4H3. The Labute approximate surface area is 102 Å². The average Bonchev–Trinajstić information content (AvgIpc) is 2.61. The molecule has 0 bridgehead atoms. The van der Waals surface area contributed by atoms with Gasteiger partial charge in [-0.3, -0.25) is 0 Å². The molecule has 0 aliphatic rings. The summed E-state index contributed by atoms with van der Waals surface area (Å²) in [5.74, 6) is 0.905. The van der Waals surface area contributed by atoms with Crippen molar-refractivity contribution < 1.29 is 4.74 Å². The van der Waals surface area contributed by atoms with Crippen molar-refractivity contribution in [2.45, 2.75) is 33.4 Å². The number of aryl methyl sites for hydroxylation is 1. The van der Waals surface area contributed by atoms with Crippen molar-refractivity contribution in [3.63, 3.8) is 0 Å². The Morgan fingerprint density at radius 2 is 2.12 bits per heavy atom. The van der Waals surface area contributed by atoms with E-state index in [1.165, 1.54) is 22.2 Å². The van der Waals surface area contributed by atoms with Gasteiger partial charge in [0.15, 0.2) is 0 Å². The number of fused-ring (bicyclic) bond motifs is 1. The summed E-state index contributed by atoms with van der Waals surface area (Å²) in [5.41, 5.74) is 3.72. The predicted octanol–water partition coefficient (Wildman–Crippen LogP) is 2.98. The number of aromatic amines is 1. The highest BCUT2D eigenvalue weighted by Crippen LogP contribution is 2.26. The molecule has 1 heterocycles. The van der Waals surface area contributed by atoms with E-state index in [0.717, 1.165) is 12.3 Å². The summed E-state index contributed by atoms with van der Waals surface area (Å²) in [7, 11) is 1.70. The highest BCUT2D eigenvalue weighted by molar-refractivity contribution is 5.86. The summed E-state index contributed by atoms with van der Waals surface area (Å²) in [6, 6.07) is 6.64. The van der Waals surface area contributed by atoms with Crippen molar-refractivity contribution in [1.82, 2.24) is 10.3 Å². The molecule has 0 amide bonds. The van der Waals surface area contributed by atoms with Crippen LogP contribution in [0.2, 0.25) is 0 Å². The maximum atomic E-state index is 5.28. The van der Waals surface area contributed by atoms with Crippen LogP contribution in [-0.2, 0) is 6.54 Å². The van der Waals surface area contributed by atoms with E-state index in [2.05, 4.69) is 43.2 Å². The summed E-state index contributed by atoms with van der Waals surface area (Å²) in [4.78, 5) is 3.41. The normalized spacial score (nSPS) is 11.4. The largest absolute Gasteiger partial charge is 0.497 e. The second kappa shape index (κ2) is 4.80. The zero-order valence-corrected chi connectivity index (χ0v) is 10.9. The van der Waals surface area contributed by atoms with E-state index in [4.69, 9.17) is 4.74 Å². The lowest BCUT2D eigenvalue weighted by Gasteiger charge is -2.08. The maximum Gasteiger partial charge on any atom is 0.119 e. The van der Waals surface area contributed by atoms with Gasteiger partial charge < -0.3 is 15.0 Å². The van der Waals surface area contributed by atoms with Crippen LogP contribution in [0.15, 0.2) is 18.2 Å². The summed E-state index contributed by atoms with van der Waals surface area (Å²) < 4.78 is 5.28. The number of aromatic nitrogens is 1. The summed E-state index contributed by atoms with van der Waals surface area (Å²) in [5, 5.41) is 4.70. The van der Waals surface area contributed by atoms with E-state index in [1.807, 2.05) is 6.07 Å². The number of rotatable bonds is 4. The van der Waals surface area contributed by atoms with Crippen molar-refractivity contribution in [3.8, 4) is 5.75 Å². The van der Waals surface area contributed by atoms with Crippen LogP contribution in [0.4, 0.5) is 0 Å². The number of ether oxygens (including phenoxy) is 1. The second-order valence-corrected chi connectivity index (χ2v) is 4.68. The first-order valence-corrected chi connectivity index (χ1v) is 6.00. The second-order valence-electron chi connectivity index (χ2n) is 4.68. The molecule has 0 fully saturated rings. The number of hydrogen-bond acceptors (Lipinski definition) is 2. The Bertz CT molecular complexity index is 514. The Kier molecular flexibility index (Phi) is 3.38. The molecule has 92 valence electrons. The molecule has 0 aliphatic carbocycles. The van der Waals surface area contributed by atoms with Crippen LogP contribution in [0.25, 0.3) is 10.9 Å². The van der Waals surface area contributed by atoms with E-state index in [-0.39, 0.29) is 0 Å². The first-order chi connectivity index (χ1) is 8.11. The van der Waals surface area contributed by atoms with Crippen LogP contribution in [0.5, 0.6) is 5.75 Å². The van der Waals surface area contributed by atoms with E-state index >= 15 is 0 Å². The fourth-order valence-corrected chi connectivity index (χ4v) is 2.02. The molecule has 0 saturated carbocycles. The molecule has 17 heavy (non-hydrogen) atoms. The van der Waals surface area contributed by atoms with Gasteiger partial charge in [-0.05, 0) is 30.7 Å². The van der Waals surface area contributed by atoms with Crippen molar-refractivity contribution in [2.24, 2.45) is 0 Å². The molecular weight excluding hydrogens is 212 g/mol. The zero-order valence-electron chi connectivity index (χ0n) is 10.9. The zero-order chi connectivity index (χ0) is 12.4. The molecule has 1 aromatic carbocycles. The fraction of sp³-hybridized carbons (Fsp3) is 0.429. The van der Waals surface area contributed by atoms with Crippen molar-refractivity contribution in [2.75, 3.05) is 7.11 Å². The van der Waals surface area contributed by atoms with Gasteiger partial charge in [0.1, 0.15) is 5.75 Å². The lowest BCUT2D eigenvalue weighted by atomic mass is 10.1. The number of hydrogen-bond donors (Lipinski definition) is 2. The topological polar surface area (TPSA) is 37.0 Å². The Morgan fingerprint density at radius 1 is 1.35 bits per heavy atom. The summed E-state index contributed by atoms with van der Waals surface area (Å²) in [6.07, 6.45) is 0. The molecule has 2 N–H and O–H groups in total. The molecule has 2 rings (SSSR count). The third kappa shape index (κ3) is 2.44. The third-order valence-electron chi connectivity index (χ3n) is 3.01. The number of H-pyrrole nitrogens is 1. The predicted molar refractivity (Wildman–Crippen MR) is 71.6 cm³/mol.